The van der Waals surface area contributed by atoms with Crippen LogP contribution in [0.1, 0.15) is 15.4 Å². The van der Waals surface area contributed by atoms with Crippen LogP contribution in [0.2, 0.25) is 0 Å². The summed E-state index contributed by atoms with van der Waals surface area (Å²) in [5, 5.41) is 10.8. The van der Waals surface area contributed by atoms with Crippen molar-refractivity contribution in [3.63, 3.8) is 0 Å². The molecule has 0 aliphatic heterocycles. The van der Waals surface area contributed by atoms with Crippen LogP contribution in [-0.2, 0) is 0 Å². The van der Waals surface area contributed by atoms with Crippen LogP contribution in [0.15, 0.2) is 17.0 Å². The van der Waals surface area contributed by atoms with E-state index in [1.54, 1.807) is 16.8 Å². The SMILES string of the molecule is Cc1sccc1-c1scnc1C(=O)O. The van der Waals surface area contributed by atoms with E-state index < -0.39 is 5.97 Å². The van der Waals surface area contributed by atoms with Crippen molar-refractivity contribution in [3.8, 4) is 10.4 Å². The molecule has 0 unspecified atom stereocenters. The minimum atomic E-state index is -0.966. The number of aromatic nitrogens is 1. The topological polar surface area (TPSA) is 50.2 Å². The Morgan fingerprint density at radius 2 is 2.29 bits per heavy atom. The molecule has 2 heterocycles. The van der Waals surface area contributed by atoms with Gasteiger partial charge in [0.15, 0.2) is 5.69 Å². The molecule has 0 fully saturated rings. The predicted molar refractivity (Wildman–Crippen MR) is 57.1 cm³/mol. The Labute approximate surface area is 88.7 Å². The molecule has 0 saturated carbocycles. The molecule has 14 heavy (non-hydrogen) atoms. The molecule has 0 atom stereocenters. The second kappa shape index (κ2) is 3.51. The zero-order chi connectivity index (χ0) is 10.1. The Kier molecular flexibility index (Phi) is 2.35. The Morgan fingerprint density at radius 3 is 2.86 bits per heavy atom. The van der Waals surface area contributed by atoms with Crippen molar-refractivity contribution in [2.45, 2.75) is 6.92 Å². The highest BCUT2D eigenvalue weighted by molar-refractivity contribution is 7.15. The third kappa shape index (κ3) is 1.44. The lowest BCUT2D eigenvalue weighted by Crippen LogP contribution is -1.98. The van der Waals surface area contributed by atoms with Gasteiger partial charge in [0.25, 0.3) is 0 Å². The van der Waals surface area contributed by atoms with Gasteiger partial charge in [0.2, 0.25) is 0 Å². The quantitative estimate of drug-likeness (QED) is 0.855. The first-order chi connectivity index (χ1) is 6.70. The summed E-state index contributed by atoms with van der Waals surface area (Å²) in [6.45, 7) is 1.98. The van der Waals surface area contributed by atoms with E-state index in [-0.39, 0.29) is 5.69 Å². The van der Waals surface area contributed by atoms with Crippen LogP contribution >= 0.6 is 22.7 Å². The predicted octanol–water partition coefficient (Wildman–Crippen LogP) is 2.88. The van der Waals surface area contributed by atoms with Gasteiger partial charge in [0.1, 0.15) is 0 Å². The lowest BCUT2D eigenvalue weighted by molar-refractivity contribution is 0.0692. The number of thiophene rings is 1. The molecule has 0 bridgehead atoms. The molecule has 2 aromatic rings. The number of hydrogen-bond donors (Lipinski definition) is 1. The Bertz CT molecular complexity index is 473. The molecule has 0 saturated heterocycles. The molecule has 1 N–H and O–H groups in total. The summed E-state index contributed by atoms with van der Waals surface area (Å²) >= 11 is 2.97. The standard InChI is InChI=1S/C9H7NO2S2/c1-5-6(2-3-13-5)8-7(9(11)12)10-4-14-8/h2-4H,1H3,(H,11,12). The van der Waals surface area contributed by atoms with Gasteiger partial charge in [-0.1, -0.05) is 0 Å². The van der Waals surface area contributed by atoms with Crippen LogP contribution in [0.4, 0.5) is 0 Å². The van der Waals surface area contributed by atoms with Crippen molar-refractivity contribution in [2.75, 3.05) is 0 Å². The van der Waals surface area contributed by atoms with Crippen LogP contribution in [0.25, 0.3) is 10.4 Å². The molecule has 0 spiro atoms. The van der Waals surface area contributed by atoms with Crippen LogP contribution in [0.3, 0.4) is 0 Å². The molecule has 0 aromatic carbocycles. The summed E-state index contributed by atoms with van der Waals surface area (Å²) in [6, 6.07) is 1.93. The van der Waals surface area contributed by atoms with Crippen molar-refractivity contribution < 1.29 is 9.90 Å². The zero-order valence-electron chi connectivity index (χ0n) is 7.35. The number of rotatable bonds is 2. The maximum atomic E-state index is 10.8. The monoisotopic (exact) mass is 225 g/mol. The van der Waals surface area contributed by atoms with E-state index in [0.717, 1.165) is 15.3 Å². The van der Waals surface area contributed by atoms with Gasteiger partial charge < -0.3 is 5.11 Å². The molecular formula is C9H7NO2S2. The molecule has 0 aliphatic carbocycles. The molecule has 72 valence electrons. The lowest BCUT2D eigenvalue weighted by Gasteiger charge is -1.96. The highest BCUT2D eigenvalue weighted by Gasteiger charge is 2.16. The zero-order valence-corrected chi connectivity index (χ0v) is 8.98. The van der Waals surface area contributed by atoms with E-state index in [1.807, 2.05) is 18.4 Å². The van der Waals surface area contributed by atoms with Crippen molar-refractivity contribution >= 4 is 28.6 Å². The van der Waals surface area contributed by atoms with Crippen molar-refractivity contribution in [2.24, 2.45) is 0 Å². The number of thiazole rings is 1. The van der Waals surface area contributed by atoms with Crippen molar-refractivity contribution in [1.29, 1.82) is 0 Å². The summed E-state index contributed by atoms with van der Waals surface area (Å²) in [5.41, 5.74) is 2.70. The van der Waals surface area contributed by atoms with E-state index in [0.29, 0.717) is 0 Å². The van der Waals surface area contributed by atoms with Gasteiger partial charge in [0, 0.05) is 10.4 Å². The smallest absolute Gasteiger partial charge is 0.356 e. The fraction of sp³-hybridized carbons (Fsp3) is 0.111. The lowest BCUT2D eigenvalue weighted by atomic mass is 10.2. The average Bonchev–Trinajstić information content (AvgIpc) is 2.70. The summed E-state index contributed by atoms with van der Waals surface area (Å²) in [7, 11) is 0. The highest BCUT2D eigenvalue weighted by Crippen LogP contribution is 2.32. The number of aromatic carboxylic acids is 1. The van der Waals surface area contributed by atoms with Gasteiger partial charge in [-0.15, -0.1) is 22.7 Å². The molecule has 0 aliphatic rings. The fourth-order valence-corrected chi connectivity index (χ4v) is 2.84. The average molecular weight is 225 g/mol. The van der Waals surface area contributed by atoms with Crippen LogP contribution in [-0.4, -0.2) is 16.1 Å². The van der Waals surface area contributed by atoms with Crippen molar-refractivity contribution in [3.05, 3.63) is 27.5 Å². The highest BCUT2D eigenvalue weighted by atomic mass is 32.1. The summed E-state index contributed by atoms with van der Waals surface area (Å²) in [5.74, 6) is -0.966. The molecule has 3 nitrogen and oxygen atoms in total. The van der Waals surface area contributed by atoms with E-state index in [4.69, 9.17) is 5.11 Å². The van der Waals surface area contributed by atoms with E-state index in [9.17, 15) is 4.79 Å². The number of carbonyl (C=O) groups is 1. The minimum Gasteiger partial charge on any atom is -0.476 e. The number of aryl methyl sites for hydroxylation is 1. The maximum absolute atomic E-state index is 10.8. The van der Waals surface area contributed by atoms with Crippen LogP contribution in [0, 0.1) is 6.92 Å². The van der Waals surface area contributed by atoms with E-state index in [2.05, 4.69) is 4.98 Å². The molecule has 0 radical (unpaired) electrons. The van der Waals surface area contributed by atoms with Crippen LogP contribution in [0.5, 0.6) is 0 Å². The van der Waals surface area contributed by atoms with Crippen LogP contribution < -0.4 is 0 Å². The van der Waals surface area contributed by atoms with E-state index >= 15 is 0 Å². The van der Waals surface area contributed by atoms with Gasteiger partial charge in [0.05, 0.1) is 10.4 Å². The summed E-state index contributed by atoms with van der Waals surface area (Å²) < 4.78 is 0. The first-order valence-corrected chi connectivity index (χ1v) is 5.67. The number of carboxylic acid groups (broad SMARTS) is 1. The molecule has 5 heteroatoms. The van der Waals surface area contributed by atoms with Gasteiger partial charge in [-0.25, -0.2) is 9.78 Å². The van der Waals surface area contributed by atoms with Crippen molar-refractivity contribution in [1.82, 2.24) is 4.98 Å². The number of nitrogens with zero attached hydrogens (tertiary/aromatic N) is 1. The normalized spacial score (nSPS) is 10.4. The Hall–Kier alpha value is -1.20. The Balaban J connectivity index is 2.57. The maximum Gasteiger partial charge on any atom is 0.356 e. The van der Waals surface area contributed by atoms with Gasteiger partial charge >= 0.3 is 5.97 Å². The second-order valence-electron chi connectivity index (χ2n) is 2.73. The molecular weight excluding hydrogens is 218 g/mol. The van der Waals surface area contributed by atoms with Gasteiger partial charge in [-0.3, -0.25) is 0 Å². The number of carboxylic acids is 1. The third-order valence-electron chi connectivity index (χ3n) is 1.87. The summed E-state index contributed by atoms with van der Waals surface area (Å²) in [4.78, 5) is 16.5. The molecule has 0 amide bonds. The first-order valence-electron chi connectivity index (χ1n) is 3.91. The number of hydrogen-bond acceptors (Lipinski definition) is 4. The fourth-order valence-electron chi connectivity index (χ4n) is 1.21. The summed E-state index contributed by atoms with van der Waals surface area (Å²) in [6.07, 6.45) is 0. The molecule has 2 aromatic heterocycles. The minimum absolute atomic E-state index is 0.150. The van der Waals surface area contributed by atoms with Gasteiger partial charge in [-0.2, -0.15) is 0 Å². The second-order valence-corrected chi connectivity index (χ2v) is 4.70. The largest absolute Gasteiger partial charge is 0.476 e. The Morgan fingerprint density at radius 1 is 1.50 bits per heavy atom. The third-order valence-corrected chi connectivity index (χ3v) is 3.58. The first kappa shape index (κ1) is 9.36. The van der Waals surface area contributed by atoms with E-state index in [1.165, 1.54) is 11.3 Å². The molecule has 2 rings (SSSR count). The van der Waals surface area contributed by atoms with Gasteiger partial charge in [-0.05, 0) is 18.4 Å².